The van der Waals surface area contributed by atoms with Gasteiger partial charge < -0.3 is 4.90 Å². The molecule has 3 aromatic rings. The summed E-state index contributed by atoms with van der Waals surface area (Å²) in [5.74, 6) is 1.13. The second kappa shape index (κ2) is 6.69. The third kappa shape index (κ3) is 3.15. The molecule has 1 aliphatic heterocycles. The normalized spacial score (nSPS) is 16.8. The Hall–Kier alpha value is -2.65. The number of anilines is 1. The van der Waals surface area contributed by atoms with Crippen LogP contribution in [0.3, 0.4) is 0 Å². The van der Waals surface area contributed by atoms with E-state index in [2.05, 4.69) is 61.4 Å². The minimum absolute atomic E-state index is 0.372. The Kier molecular flexibility index (Phi) is 4.24. The Labute approximate surface area is 154 Å². The Balaban J connectivity index is 1.61. The molecule has 1 saturated heterocycles. The van der Waals surface area contributed by atoms with Gasteiger partial charge in [0.1, 0.15) is 6.07 Å². The highest BCUT2D eigenvalue weighted by Gasteiger charge is 2.28. The van der Waals surface area contributed by atoms with Gasteiger partial charge in [-0.1, -0.05) is 46.3 Å². The Morgan fingerprint density at radius 2 is 1.80 bits per heavy atom. The molecule has 1 fully saturated rings. The summed E-state index contributed by atoms with van der Waals surface area (Å²) < 4.78 is 0.995. The van der Waals surface area contributed by atoms with Crippen molar-refractivity contribution in [2.45, 2.75) is 12.3 Å². The maximum atomic E-state index is 9.47. The van der Waals surface area contributed by atoms with E-state index >= 15 is 0 Å². The maximum absolute atomic E-state index is 9.47. The van der Waals surface area contributed by atoms with E-state index in [1.54, 1.807) is 0 Å². The van der Waals surface area contributed by atoms with Crippen molar-refractivity contribution >= 4 is 21.7 Å². The molecule has 4 rings (SSSR count). The molecular formula is C19H16BrN5. The molecular weight excluding hydrogens is 378 g/mol. The highest BCUT2D eigenvalue weighted by atomic mass is 79.9. The van der Waals surface area contributed by atoms with Gasteiger partial charge >= 0.3 is 0 Å². The van der Waals surface area contributed by atoms with Crippen LogP contribution in [-0.4, -0.2) is 28.1 Å². The zero-order valence-corrected chi connectivity index (χ0v) is 15.1. The molecule has 0 unspecified atom stereocenters. The lowest BCUT2D eigenvalue weighted by molar-refractivity contribution is 0.741. The average molecular weight is 394 g/mol. The van der Waals surface area contributed by atoms with E-state index in [9.17, 15) is 5.26 Å². The Bertz CT molecular complexity index is 911. The van der Waals surface area contributed by atoms with Crippen LogP contribution >= 0.6 is 15.9 Å². The minimum atomic E-state index is 0.372. The number of hydrogen-bond acceptors (Lipinski definition) is 4. The van der Waals surface area contributed by atoms with Gasteiger partial charge in [-0.2, -0.15) is 5.26 Å². The molecule has 0 amide bonds. The molecule has 124 valence electrons. The van der Waals surface area contributed by atoms with E-state index in [1.165, 1.54) is 10.4 Å². The smallest absolute Gasteiger partial charge is 0.207 e. The zero-order valence-electron chi connectivity index (χ0n) is 13.5. The van der Waals surface area contributed by atoms with Crippen LogP contribution in [0, 0.1) is 11.3 Å². The first-order valence-electron chi connectivity index (χ1n) is 8.18. The van der Waals surface area contributed by atoms with Gasteiger partial charge in [-0.3, -0.25) is 0 Å². The average Bonchev–Trinajstić information content (AvgIpc) is 3.30. The zero-order chi connectivity index (χ0) is 17.2. The first-order chi connectivity index (χ1) is 12.2. The first-order valence-corrected chi connectivity index (χ1v) is 8.97. The van der Waals surface area contributed by atoms with E-state index in [4.69, 9.17) is 0 Å². The van der Waals surface area contributed by atoms with Crippen LogP contribution in [-0.2, 0) is 0 Å². The number of benzene rings is 2. The summed E-state index contributed by atoms with van der Waals surface area (Å²) in [5.41, 5.74) is 2.55. The topological polar surface area (TPSA) is 57.7 Å². The van der Waals surface area contributed by atoms with Gasteiger partial charge in [0.05, 0.1) is 5.69 Å². The minimum Gasteiger partial charge on any atom is -0.352 e. The fourth-order valence-electron chi connectivity index (χ4n) is 3.22. The van der Waals surface area contributed by atoms with Gasteiger partial charge in [0.2, 0.25) is 5.69 Å². The Morgan fingerprint density at radius 1 is 1.04 bits per heavy atom. The molecule has 0 saturated carbocycles. The lowest BCUT2D eigenvalue weighted by Crippen LogP contribution is -2.20. The fourth-order valence-corrected chi connectivity index (χ4v) is 3.49. The number of nitriles is 1. The molecule has 0 bridgehead atoms. The molecule has 5 nitrogen and oxygen atoms in total. The van der Waals surface area contributed by atoms with Crippen molar-refractivity contribution in [3.63, 3.8) is 0 Å². The summed E-state index contributed by atoms with van der Waals surface area (Å²) in [5, 5.41) is 18.4. The van der Waals surface area contributed by atoms with Gasteiger partial charge in [-0.25, -0.2) is 0 Å². The summed E-state index contributed by atoms with van der Waals surface area (Å²) >= 11 is 3.42. The van der Waals surface area contributed by atoms with Gasteiger partial charge in [0.25, 0.3) is 0 Å². The molecule has 1 aromatic heterocycles. The van der Waals surface area contributed by atoms with Crippen LogP contribution in [0.1, 0.15) is 23.6 Å². The summed E-state index contributed by atoms with van der Waals surface area (Å²) in [6.07, 6.45) is 1.06. The maximum Gasteiger partial charge on any atom is 0.207 e. The molecule has 25 heavy (non-hydrogen) atoms. The van der Waals surface area contributed by atoms with Crippen LogP contribution in [0.25, 0.3) is 5.69 Å². The standard InChI is InChI=1S/C19H16BrN5/c20-16-6-8-17(9-7-16)25-22-18(12-21)19(23-25)24-11-10-15(13-24)14-4-2-1-3-5-14/h1-9,15H,10-11,13H2/t15-/m1/s1. The molecule has 2 heterocycles. The quantitative estimate of drug-likeness (QED) is 0.676. The summed E-state index contributed by atoms with van der Waals surface area (Å²) in [7, 11) is 0. The lowest BCUT2D eigenvalue weighted by atomic mass is 9.99. The number of rotatable bonds is 3. The largest absolute Gasteiger partial charge is 0.352 e. The highest BCUT2D eigenvalue weighted by Crippen LogP contribution is 2.31. The van der Waals surface area contributed by atoms with E-state index < -0.39 is 0 Å². The van der Waals surface area contributed by atoms with Crippen LogP contribution in [0.4, 0.5) is 5.82 Å². The number of hydrogen-bond donors (Lipinski definition) is 0. The fraction of sp³-hybridized carbons (Fsp3) is 0.211. The van der Waals surface area contributed by atoms with Crippen LogP contribution in [0.2, 0.25) is 0 Å². The summed E-state index contributed by atoms with van der Waals surface area (Å²) in [4.78, 5) is 3.70. The van der Waals surface area contributed by atoms with Gasteiger partial charge in [-0.15, -0.1) is 15.0 Å². The van der Waals surface area contributed by atoms with Crippen molar-refractivity contribution < 1.29 is 0 Å². The predicted molar refractivity (Wildman–Crippen MR) is 99.8 cm³/mol. The highest BCUT2D eigenvalue weighted by molar-refractivity contribution is 9.10. The molecule has 0 radical (unpaired) electrons. The monoisotopic (exact) mass is 393 g/mol. The van der Waals surface area contributed by atoms with Gasteiger partial charge in [0.15, 0.2) is 5.82 Å². The molecule has 0 aliphatic carbocycles. The van der Waals surface area contributed by atoms with E-state index in [0.29, 0.717) is 17.4 Å². The molecule has 2 aromatic carbocycles. The number of halogens is 1. The first kappa shape index (κ1) is 15.9. The third-order valence-corrected chi connectivity index (χ3v) is 5.05. The van der Waals surface area contributed by atoms with Crippen molar-refractivity contribution in [3.8, 4) is 11.8 Å². The number of nitrogens with zero attached hydrogens (tertiary/aromatic N) is 5. The summed E-state index contributed by atoms with van der Waals surface area (Å²) in [6.45, 7) is 1.74. The van der Waals surface area contributed by atoms with Crippen molar-refractivity contribution in [2.24, 2.45) is 0 Å². The van der Waals surface area contributed by atoms with E-state index in [-0.39, 0.29) is 0 Å². The lowest BCUT2D eigenvalue weighted by Gasteiger charge is -2.15. The second-order valence-electron chi connectivity index (χ2n) is 6.09. The Morgan fingerprint density at radius 3 is 2.52 bits per heavy atom. The van der Waals surface area contributed by atoms with Gasteiger partial charge in [0, 0.05) is 23.5 Å². The SMILES string of the molecule is N#Cc1nn(-c2ccc(Br)cc2)nc1N1CC[C@@H](c2ccccc2)C1. The van der Waals surface area contributed by atoms with E-state index in [1.807, 2.05) is 30.3 Å². The van der Waals surface area contributed by atoms with Crippen molar-refractivity contribution in [1.29, 1.82) is 5.26 Å². The van der Waals surface area contributed by atoms with Crippen LogP contribution in [0.15, 0.2) is 59.1 Å². The second-order valence-corrected chi connectivity index (χ2v) is 7.01. The molecule has 6 heteroatoms. The van der Waals surface area contributed by atoms with Crippen molar-refractivity contribution in [3.05, 3.63) is 70.3 Å². The molecule has 0 N–H and O–H groups in total. The molecule has 1 atom stereocenters. The van der Waals surface area contributed by atoms with Crippen LogP contribution in [0.5, 0.6) is 0 Å². The van der Waals surface area contributed by atoms with Crippen molar-refractivity contribution in [1.82, 2.24) is 15.0 Å². The number of aromatic nitrogens is 3. The van der Waals surface area contributed by atoms with E-state index in [0.717, 1.165) is 29.7 Å². The van der Waals surface area contributed by atoms with Crippen molar-refractivity contribution in [2.75, 3.05) is 18.0 Å². The molecule has 1 aliphatic rings. The van der Waals surface area contributed by atoms with Gasteiger partial charge in [-0.05, 0) is 36.2 Å². The summed E-state index contributed by atoms with van der Waals surface area (Å²) in [6, 6.07) is 20.4. The predicted octanol–water partition coefficient (Wildman–Crippen LogP) is 3.90. The van der Waals surface area contributed by atoms with Crippen LogP contribution < -0.4 is 4.90 Å². The third-order valence-electron chi connectivity index (χ3n) is 4.52. The molecule has 0 spiro atoms.